The minimum Gasteiger partial charge on any atom is -0.493 e. The number of hydrogen-bond donors (Lipinski definition) is 2. The fourth-order valence-corrected chi connectivity index (χ4v) is 4.89. The normalized spacial score (nSPS) is 18.0. The van der Waals surface area contributed by atoms with Crippen molar-refractivity contribution in [1.29, 1.82) is 0 Å². The number of methoxy groups -OCH3 is 3. The third kappa shape index (κ3) is 5.06. The molecule has 9 heteroatoms. The molecule has 0 saturated carbocycles. The Hall–Kier alpha value is -3.30. The van der Waals surface area contributed by atoms with E-state index in [-0.39, 0.29) is 17.4 Å². The number of benzene rings is 1. The first-order valence-corrected chi connectivity index (χ1v) is 11.8. The maximum absolute atomic E-state index is 13.4. The first-order valence-electron chi connectivity index (χ1n) is 11.8. The van der Waals surface area contributed by atoms with Crippen LogP contribution in [-0.2, 0) is 11.2 Å². The van der Waals surface area contributed by atoms with Crippen LogP contribution in [0.3, 0.4) is 0 Å². The van der Waals surface area contributed by atoms with Gasteiger partial charge in [0.1, 0.15) is 0 Å². The van der Waals surface area contributed by atoms with Gasteiger partial charge in [-0.3, -0.25) is 9.59 Å². The summed E-state index contributed by atoms with van der Waals surface area (Å²) in [6.07, 6.45) is 1.29. The standard InChI is InChI=1S/C26H34N4O5/c1-16(31)27-20-8-6-17-14-23(33-3)25(34-4)26(35-5)24(17)18-7-9-21(22(32)15-19(18)20)28-30-12-10-29(2)11-13-30/h7,9,14-15,20H,6,8,10-13H2,1-5H3,(H,27,31)(H,28,32). The molecule has 2 aliphatic rings. The topological polar surface area (TPSA) is 92.4 Å². The molecule has 0 aromatic heterocycles. The maximum Gasteiger partial charge on any atom is 0.217 e. The molecule has 188 valence electrons. The number of carbonyl (C=O) groups is 1. The Labute approximate surface area is 205 Å². The summed E-state index contributed by atoms with van der Waals surface area (Å²) < 4.78 is 17.0. The number of carbonyl (C=O) groups excluding carboxylic acids is 1. The summed E-state index contributed by atoms with van der Waals surface area (Å²) in [5.41, 5.74) is 7.07. The van der Waals surface area contributed by atoms with Crippen LogP contribution in [0.5, 0.6) is 17.2 Å². The summed E-state index contributed by atoms with van der Waals surface area (Å²) in [6.45, 7) is 4.97. The average Bonchev–Trinajstić information content (AvgIpc) is 3.08. The maximum atomic E-state index is 13.4. The lowest BCUT2D eigenvalue weighted by atomic mass is 9.95. The Morgan fingerprint density at radius 1 is 1.00 bits per heavy atom. The van der Waals surface area contributed by atoms with Crippen LogP contribution < -0.4 is 30.4 Å². The van der Waals surface area contributed by atoms with Gasteiger partial charge in [-0.05, 0) is 54.8 Å². The number of nitrogens with one attached hydrogen (secondary N) is 2. The number of nitrogens with zero attached hydrogens (tertiary/aromatic N) is 2. The predicted molar refractivity (Wildman–Crippen MR) is 135 cm³/mol. The Morgan fingerprint density at radius 2 is 1.71 bits per heavy atom. The van der Waals surface area contributed by atoms with Crippen LogP contribution in [0, 0.1) is 0 Å². The van der Waals surface area contributed by atoms with E-state index in [4.69, 9.17) is 14.2 Å². The van der Waals surface area contributed by atoms with E-state index in [0.29, 0.717) is 35.8 Å². The van der Waals surface area contributed by atoms with E-state index < -0.39 is 0 Å². The summed E-state index contributed by atoms with van der Waals surface area (Å²) in [6, 6.07) is 7.01. The summed E-state index contributed by atoms with van der Waals surface area (Å²) in [5, 5.41) is 5.10. The van der Waals surface area contributed by atoms with Gasteiger partial charge in [0, 0.05) is 38.7 Å². The second kappa shape index (κ2) is 10.5. The smallest absolute Gasteiger partial charge is 0.217 e. The third-order valence-corrected chi connectivity index (χ3v) is 6.70. The number of ether oxygens (including phenoxy) is 3. The SMILES string of the molecule is COc1cc2c(c(OC)c1OC)-c1ccc(NN3CCN(C)CC3)c(=O)cc1C(NC(C)=O)CC2. The van der Waals surface area contributed by atoms with E-state index in [2.05, 4.69) is 27.7 Å². The minimum absolute atomic E-state index is 0.136. The molecular formula is C26H34N4O5. The number of likely N-dealkylation sites (N-methyl/N-ethyl adjacent to an activating group) is 1. The molecule has 9 nitrogen and oxygen atoms in total. The van der Waals surface area contributed by atoms with E-state index in [0.717, 1.165) is 48.4 Å². The van der Waals surface area contributed by atoms with Gasteiger partial charge in [0.15, 0.2) is 11.5 Å². The molecule has 1 aliphatic heterocycles. The predicted octanol–water partition coefficient (Wildman–Crippen LogP) is 2.44. The first-order chi connectivity index (χ1) is 16.9. The first kappa shape index (κ1) is 24.8. The number of amides is 1. The van der Waals surface area contributed by atoms with Crippen LogP contribution in [0.25, 0.3) is 11.1 Å². The van der Waals surface area contributed by atoms with Crippen molar-refractivity contribution in [3.8, 4) is 28.4 Å². The number of hydrazine groups is 1. The molecule has 2 aromatic carbocycles. The largest absolute Gasteiger partial charge is 0.493 e. The van der Waals surface area contributed by atoms with Crippen LogP contribution in [-0.4, -0.2) is 70.4 Å². The molecule has 1 saturated heterocycles. The molecule has 4 rings (SSSR count). The van der Waals surface area contributed by atoms with Gasteiger partial charge in [-0.15, -0.1) is 0 Å². The van der Waals surface area contributed by atoms with E-state index in [1.165, 1.54) is 6.92 Å². The van der Waals surface area contributed by atoms with Crippen LogP contribution in [0.15, 0.2) is 29.1 Å². The lowest BCUT2D eigenvalue weighted by Gasteiger charge is -2.32. The number of aryl methyl sites for hydroxylation is 1. The van der Waals surface area contributed by atoms with E-state index in [9.17, 15) is 9.59 Å². The quantitative estimate of drug-likeness (QED) is 0.649. The summed E-state index contributed by atoms with van der Waals surface area (Å²) >= 11 is 0. The number of fused-ring (bicyclic) bond motifs is 3. The van der Waals surface area contributed by atoms with E-state index in [1.54, 1.807) is 27.4 Å². The molecular weight excluding hydrogens is 448 g/mol. The second-order valence-electron chi connectivity index (χ2n) is 9.00. The van der Waals surface area contributed by atoms with Crippen molar-refractivity contribution >= 4 is 11.6 Å². The zero-order chi connectivity index (χ0) is 25.1. The van der Waals surface area contributed by atoms with Crippen molar-refractivity contribution in [2.75, 3.05) is 60.0 Å². The Bertz CT molecular complexity index is 1160. The van der Waals surface area contributed by atoms with Crippen LogP contribution in [0.4, 0.5) is 5.69 Å². The molecule has 0 radical (unpaired) electrons. The molecule has 1 amide bonds. The van der Waals surface area contributed by atoms with Gasteiger partial charge in [-0.25, -0.2) is 5.01 Å². The monoisotopic (exact) mass is 482 g/mol. The number of piperazine rings is 1. The summed E-state index contributed by atoms with van der Waals surface area (Å²) in [7, 11) is 6.85. The van der Waals surface area contributed by atoms with Gasteiger partial charge in [0.05, 0.1) is 33.1 Å². The molecule has 1 atom stereocenters. The number of hydrogen-bond acceptors (Lipinski definition) is 8. The minimum atomic E-state index is -0.326. The fraction of sp³-hybridized carbons (Fsp3) is 0.462. The van der Waals surface area contributed by atoms with E-state index in [1.807, 2.05) is 18.2 Å². The van der Waals surface area contributed by atoms with Crippen LogP contribution in [0.2, 0.25) is 0 Å². The van der Waals surface area contributed by atoms with Crippen LogP contribution in [0.1, 0.15) is 30.5 Å². The van der Waals surface area contributed by atoms with Crippen LogP contribution >= 0.6 is 0 Å². The molecule has 2 aromatic rings. The highest BCUT2D eigenvalue weighted by atomic mass is 16.5. The highest BCUT2D eigenvalue weighted by Crippen LogP contribution is 2.50. The highest BCUT2D eigenvalue weighted by Gasteiger charge is 2.29. The van der Waals surface area contributed by atoms with Crippen molar-refractivity contribution in [1.82, 2.24) is 15.2 Å². The van der Waals surface area contributed by atoms with Gasteiger partial charge >= 0.3 is 0 Å². The third-order valence-electron chi connectivity index (χ3n) is 6.70. The van der Waals surface area contributed by atoms with Gasteiger partial charge in [0.2, 0.25) is 17.1 Å². The van der Waals surface area contributed by atoms with Gasteiger partial charge in [-0.1, -0.05) is 6.07 Å². The summed E-state index contributed by atoms with van der Waals surface area (Å²) in [4.78, 5) is 27.7. The zero-order valence-corrected chi connectivity index (χ0v) is 21.1. The molecule has 1 aliphatic carbocycles. The van der Waals surface area contributed by atoms with Gasteiger partial charge in [0.25, 0.3) is 0 Å². The molecule has 35 heavy (non-hydrogen) atoms. The van der Waals surface area contributed by atoms with Gasteiger partial charge < -0.3 is 29.9 Å². The molecule has 0 spiro atoms. The Balaban J connectivity index is 1.90. The van der Waals surface area contributed by atoms with Crippen molar-refractivity contribution in [2.24, 2.45) is 0 Å². The van der Waals surface area contributed by atoms with Crippen molar-refractivity contribution in [2.45, 2.75) is 25.8 Å². The molecule has 1 heterocycles. The molecule has 2 N–H and O–H groups in total. The lowest BCUT2D eigenvalue weighted by molar-refractivity contribution is -0.119. The Morgan fingerprint density at radius 3 is 2.34 bits per heavy atom. The Kier molecular flexibility index (Phi) is 7.47. The molecule has 1 fully saturated rings. The van der Waals surface area contributed by atoms with Crippen molar-refractivity contribution in [3.63, 3.8) is 0 Å². The fourth-order valence-electron chi connectivity index (χ4n) is 4.89. The highest BCUT2D eigenvalue weighted by molar-refractivity contribution is 5.83. The summed E-state index contributed by atoms with van der Waals surface area (Å²) in [5.74, 6) is 1.45. The number of anilines is 1. The second-order valence-corrected chi connectivity index (χ2v) is 9.00. The lowest BCUT2D eigenvalue weighted by Crippen LogP contribution is -2.47. The zero-order valence-electron chi connectivity index (χ0n) is 21.1. The van der Waals surface area contributed by atoms with Crippen molar-refractivity contribution < 1.29 is 19.0 Å². The van der Waals surface area contributed by atoms with E-state index >= 15 is 0 Å². The van der Waals surface area contributed by atoms with Gasteiger partial charge in [-0.2, -0.15) is 0 Å². The average molecular weight is 483 g/mol. The number of rotatable bonds is 6. The molecule has 1 unspecified atom stereocenters. The van der Waals surface area contributed by atoms with Crippen molar-refractivity contribution in [3.05, 3.63) is 45.6 Å². The molecule has 0 bridgehead atoms.